The normalized spacial score (nSPS) is 11.0. The Hall–Kier alpha value is -3.52. The van der Waals surface area contributed by atoms with Crippen LogP contribution >= 0.6 is 0 Å². The van der Waals surface area contributed by atoms with E-state index in [-0.39, 0.29) is 22.8 Å². The molecule has 0 radical (unpaired) electrons. The maximum Gasteiger partial charge on any atom is 0.261 e. The fourth-order valence-corrected chi connectivity index (χ4v) is 3.81. The number of aryl methyl sites for hydroxylation is 1. The van der Waals surface area contributed by atoms with E-state index in [4.69, 9.17) is 15.2 Å². The van der Waals surface area contributed by atoms with Crippen LogP contribution in [-0.2, 0) is 16.6 Å². The number of ether oxygens (including phenoxy) is 2. The topological polar surface area (TPSA) is 108 Å². The van der Waals surface area contributed by atoms with Gasteiger partial charge in [-0.25, -0.2) is 8.42 Å². The van der Waals surface area contributed by atoms with Gasteiger partial charge in [0.1, 0.15) is 18.1 Å². The van der Waals surface area contributed by atoms with Crippen LogP contribution < -0.4 is 19.9 Å². The second-order valence-corrected chi connectivity index (χ2v) is 8.31. The number of carbonyl (C=O) groups excluding carboxylic acids is 1. The van der Waals surface area contributed by atoms with Gasteiger partial charge in [0.2, 0.25) is 0 Å². The van der Waals surface area contributed by atoms with Crippen molar-refractivity contribution in [2.45, 2.75) is 18.4 Å². The van der Waals surface area contributed by atoms with Gasteiger partial charge in [-0.2, -0.15) is 0 Å². The number of hydrogen-bond donors (Lipinski definition) is 2. The van der Waals surface area contributed by atoms with E-state index in [9.17, 15) is 13.2 Å². The van der Waals surface area contributed by atoms with Crippen molar-refractivity contribution in [2.24, 2.45) is 5.73 Å². The van der Waals surface area contributed by atoms with Gasteiger partial charge in [0.05, 0.1) is 23.3 Å². The summed E-state index contributed by atoms with van der Waals surface area (Å²) in [7, 11) is -2.31. The highest BCUT2D eigenvalue weighted by Crippen LogP contribution is 2.24. The Morgan fingerprint density at radius 3 is 2.20 bits per heavy atom. The van der Waals surface area contributed by atoms with Gasteiger partial charge in [-0.1, -0.05) is 23.8 Å². The first-order valence-corrected chi connectivity index (χ1v) is 10.6. The molecule has 30 heavy (non-hydrogen) atoms. The summed E-state index contributed by atoms with van der Waals surface area (Å²) in [5.74, 6) is 0.594. The van der Waals surface area contributed by atoms with Crippen molar-refractivity contribution in [3.05, 3.63) is 83.4 Å². The number of rotatable bonds is 8. The Morgan fingerprint density at radius 1 is 0.967 bits per heavy atom. The van der Waals surface area contributed by atoms with Crippen molar-refractivity contribution < 1.29 is 22.7 Å². The van der Waals surface area contributed by atoms with Crippen LogP contribution in [0.1, 0.15) is 21.5 Å². The van der Waals surface area contributed by atoms with Gasteiger partial charge >= 0.3 is 0 Å². The van der Waals surface area contributed by atoms with Crippen molar-refractivity contribution in [1.82, 2.24) is 0 Å². The zero-order valence-corrected chi connectivity index (χ0v) is 17.4. The summed E-state index contributed by atoms with van der Waals surface area (Å²) in [5, 5.41) is 0. The quantitative estimate of drug-likeness (QED) is 0.573. The largest absolute Gasteiger partial charge is 0.497 e. The van der Waals surface area contributed by atoms with Crippen LogP contribution in [0.4, 0.5) is 5.69 Å². The number of methoxy groups -OCH3 is 1. The van der Waals surface area contributed by atoms with E-state index in [0.29, 0.717) is 17.1 Å². The summed E-state index contributed by atoms with van der Waals surface area (Å²) in [6.45, 7) is 2.03. The van der Waals surface area contributed by atoms with Gasteiger partial charge < -0.3 is 15.2 Å². The summed E-state index contributed by atoms with van der Waals surface area (Å²) >= 11 is 0. The molecule has 0 saturated heterocycles. The molecule has 0 bridgehead atoms. The molecule has 0 spiro atoms. The third-order valence-corrected chi connectivity index (χ3v) is 5.77. The molecule has 0 fully saturated rings. The number of amides is 1. The van der Waals surface area contributed by atoms with E-state index in [1.165, 1.54) is 24.3 Å². The molecule has 0 heterocycles. The maximum absolute atomic E-state index is 12.7. The van der Waals surface area contributed by atoms with E-state index < -0.39 is 15.9 Å². The minimum absolute atomic E-state index is 0.0684. The lowest BCUT2D eigenvalue weighted by atomic mass is 10.1. The second-order valence-electron chi connectivity index (χ2n) is 6.63. The maximum atomic E-state index is 12.7. The molecule has 3 aromatic carbocycles. The summed E-state index contributed by atoms with van der Waals surface area (Å²) in [6, 6.07) is 18.1. The predicted molar refractivity (Wildman–Crippen MR) is 114 cm³/mol. The molecular formula is C22H22N2O5S. The average Bonchev–Trinajstić information content (AvgIpc) is 2.72. The predicted octanol–water partition coefficient (Wildman–Crippen LogP) is 3.48. The Bertz CT molecular complexity index is 1140. The molecule has 7 nitrogen and oxygen atoms in total. The Balaban J connectivity index is 1.83. The fraction of sp³-hybridized carbons (Fsp3) is 0.136. The molecule has 8 heteroatoms. The highest BCUT2D eigenvalue weighted by Gasteiger charge is 2.18. The minimum atomic E-state index is -3.89. The van der Waals surface area contributed by atoms with Crippen molar-refractivity contribution >= 4 is 21.6 Å². The van der Waals surface area contributed by atoms with Gasteiger partial charge in [0.25, 0.3) is 15.9 Å². The van der Waals surface area contributed by atoms with Gasteiger partial charge in [0, 0.05) is 0 Å². The van der Waals surface area contributed by atoms with Crippen molar-refractivity contribution in [3.63, 3.8) is 0 Å². The SMILES string of the molecule is COc1ccc(OCc2ccc(C(N)=O)c(NS(=O)(=O)c3ccc(C)cc3)c2)cc1. The molecule has 156 valence electrons. The molecule has 0 atom stereocenters. The van der Waals surface area contributed by atoms with Gasteiger partial charge in [-0.15, -0.1) is 0 Å². The summed E-state index contributed by atoms with van der Waals surface area (Å²) in [6.07, 6.45) is 0. The number of anilines is 1. The van der Waals surface area contributed by atoms with Crippen LogP contribution in [0.25, 0.3) is 0 Å². The number of nitrogens with one attached hydrogen (secondary N) is 1. The highest BCUT2D eigenvalue weighted by atomic mass is 32.2. The zero-order chi connectivity index (χ0) is 21.7. The zero-order valence-electron chi connectivity index (χ0n) is 16.6. The molecule has 3 rings (SSSR count). The van der Waals surface area contributed by atoms with Crippen LogP contribution in [0.3, 0.4) is 0 Å². The first-order valence-electron chi connectivity index (χ1n) is 9.07. The number of sulfonamides is 1. The second kappa shape index (κ2) is 8.87. The van der Waals surface area contributed by atoms with E-state index in [2.05, 4.69) is 4.72 Å². The lowest BCUT2D eigenvalue weighted by Gasteiger charge is -2.14. The standard InChI is InChI=1S/C22H22N2O5S/c1-15-3-10-19(11-4-15)30(26,27)24-21-13-16(5-12-20(21)22(23)25)14-29-18-8-6-17(28-2)7-9-18/h3-13,24H,14H2,1-2H3,(H2,23,25). The van der Waals surface area contributed by atoms with Gasteiger partial charge in [-0.05, 0) is 61.0 Å². The molecule has 3 aromatic rings. The molecule has 1 amide bonds. The third kappa shape index (κ3) is 5.09. The third-order valence-electron chi connectivity index (χ3n) is 4.39. The molecule has 0 aliphatic rings. The molecule has 0 aliphatic heterocycles. The monoisotopic (exact) mass is 426 g/mol. The van der Waals surface area contributed by atoms with Gasteiger partial charge in [-0.3, -0.25) is 9.52 Å². The molecule has 0 aliphatic carbocycles. The van der Waals surface area contributed by atoms with Crippen LogP contribution in [0, 0.1) is 6.92 Å². The molecule has 3 N–H and O–H groups in total. The van der Waals surface area contributed by atoms with E-state index >= 15 is 0 Å². The van der Waals surface area contributed by atoms with Crippen LogP contribution in [0.5, 0.6) is 11.5 Å². The lowest BCUT2D eigenvalue weighted by molar-refractivity contribution is 0.100. The number of nitrogens with two attached hydrogens (primary N) is 1. The Kier molecular flexibility index (Phi) is 6.27. The molecule has 0 aromatic heterocycles. The number of benzene rings is 3. The van der Waals surface area contributed by atoms with E-state index in [1.807, 2.05) is 6.92 Å². The Morgan fingerprint density at radius 2 is 1.60 bits per heavy atom. The van der Waals surface area contributed by atoms with Crippen LogP contribution in [0.15, 0.2) is 71.6 Å². The minimum Gasteiger partial charge on any atom is -0.497 e. The lowest BCUT2D eigenvalue weighted by Crippen LogP contribution is -2.19. The van der Waals surface area contributed by atoms with Crippen LogP contribution in [-0.4, -0.2) is 21.4 Å². The summed E-state index contributed by atoms with van der Waals surface area (Å²) in [4.78, 5) is 11.9. The smallest absolute Gasteiger partial charge is 0.261 e. The van der Waals surface area contributed by atoms with Crippen molar-refractivity contribution in [2.75, 3.05) is 11.8 Å². The van der Waals surface area contributed by atoms with Gasteiger partial charge in [0.15, 0.2) is 0 Å². The first-order chi connectivity index (χ1) is 14.3. The fourth-order valence-electron chi connectivity index (χ4n) is 2.74. The molecule has 0 saturated carbocycles. The first kappa shape index (κ1) is 21.2. The number of hydrogen-bond acceptors (Lipinski definition) is 5. The van der Waals surface area contributed by atoms with E-state index in [0.717, 1.165) is 5.56 Å². The molecular weight excluding hydrogens is 404 g/mol. The number of primary amides is 1. The Labute approximate surface area is 175 Å². The van der Waals surface area contributed by atoms with Crippen LogP contribution in [0.2, 0.25) is 0 Å². The van der Waals surface area contributed by atoms with Crippen molar-refractivity contribution in [3.8, 4) is 11.5 Å². The number of carbonyl (C=O) groups is 1. The van der Waals surface area contributed by atoms with Crippen molar-refractivity contribution in [1.29, 1.82) is 0 Å². The average molecular weight is 426 g/mol. The molecule has 0 unspecified atom stereocenters. The summed E-state index contributed by atoms with van der Waals surface area (Å²) < 4.78 is 38.8. The summed E-state index contributed by atoms with van der Waals surface area (Å²) in [5.41, 5.74) is 7.18. The highest BCUT2D eigenvalue weighted by molar-refractivity contribution is 7.92. The van der Waals surface area contributed by atoms with E-state index in [1.54, 1.807) is 49.6 Å².